The van der Waals surface area contributed by atoms with E-state index in [-0.39, 0.29) is 23.8 Å². The van der Waals surface area contributed by atoms with Crippen molar-refractivity contribution in [3.8, 4) is 0 Å². The number of carboxylic acid groups (broad SMARTS) is 1. The number of para-hydroxylation sites is 1. The standard InChI is InChI=1S/C19H17N3O4S/c1-22-17(24)15(27-19(22)21-13-5-3-2-4-6-13)11-16(23)20-14-9-7-12(8-10-14)18(25)26/h2-10,15H,11H2,1H3,(H,20,23)(H,25,26)/t15-/m0/s1. The minimum Gasteiger partial charge on any atom is -0.478 e. The van der Waals surface area contributed by atoms with Gasteiger partial charge < -0.3 is 10.4 Å². The van der Waals surface area contributed by atoms with Gasteiger partial charge >= 0.3 is 5.97 Å². The van der Waals surface area contributed by atoms with Gasteiger partial charge in [0, 0.05) is 19.2 Å². The normalized spacial score (nSPS) is 18.0. The number of rotatable bonds is 5. The van der Waals surface area contributed by atoms with Crippen molar-refractivity contribution in [2.45, 2.75) is 11.7 Å². The lowest BCUT2D eigenvalue weighted by atomic mass is 10.2. The van der Waals surface area contributed by atoms with Gasteiger partial charge in [0.2, 0.25) is 11.8 Å². The Morgan fingerprint density at radius 1 is 1.15 bits per heavy atom. The van der Waals surface area contributed by atoms with E-state index in [1.54, 1.807) is 7.05 Å². The predicted molar refractivity (Wildman–Crippen MR) is 104 cm³/mol. The van der Waals surface area contributed by atoms with Crippen LogP contribution < -0.4 is 5.32 Å². The number of carbonyl (C=O) groups is 3. The minimum atomic E-state index is -1.03. The van der Waals surface area contributed by atoms with Crippen LogP contribution in [0, 0.1) is 0 Å². The first kappa shape index (κ1) is 18.7. The number of amidine groups is 1. The van der Waals surface area contributed by atoms with Gasteiger partial charge in [0.15, 0.2) is 5.17 Å². The van der Waals surface area contributed by atoms with E-state index in [2.05, 4.69) is 10.3 Å². The molecule has 2 aromatic rings. The monoisotopic (exact) mass is 383 g/mol. The van der Waals surface area contributed by atoms with Gasteiger partial charge in [-0.2, -0.15) is 0 Å². The third kappa shape index (κ3) is 4.53. The van der Waals surface area contributed by atoms with E-state index in [0.717, 1.165) is 5.69 Å². The molecule has 0 aliphatic carbocycles. The number of carbonyl (C=O) groups excluding carboxylic acids is 2. The summed E-state index contributed by atoms with van der Waals surface area (Å²) in [7, 11) is 1.64. The predicted octanol–water partition coefficient (Wildman–Crippen LogP) is 2.97. The van der Waals surface area contributed by atoms with Crippen molar-refractivity contribution >= 4 is 46.1 Å². The molecule has 2 aromatic carbocycles. The molecular weight excluding hydrogens is 366 g/mol. The van der Waals surface area contributed by atoms with Crippen molar-refractivity contribution in [3.05, 3.63) is 60.2 Å². The highest BCUT2D eigenvalue weighted by Crippen LogP contribution is 2.30. The Morgan fingerprint density at radius 3 is 2.44 bits per heavy atom. The average molecular weight is 383 g/mol. The molecule has 0 radical (unpaired) electrons. The largest absolute Gasteiger partial charge is 0.478 e. The molecular formula is C19H17N3O4S. The van der Waals surface area contributed by atoms with E-state index in [4.69, 9.17) is 5.11 Å². The summed E-state index contributed by atoms with van der Waals surface area (Å²) in [5.41, 5.74) is 1.35. The molecule has 1 heterocycles. The Labute approximate surface area is 160 Å². The third-order valence-electron chi connectivity index (χ3n) is 3.91. The van der Waals surface area contributed by atoms with Crippen molar-refractivity contribution < 1.29 is 19.5 Å². The summed E-state index contributed by atoms with van der Waals surface area (Å²) >= 11 is 1.25. The van der Waals surface area contributed by atoms with E-state index in [1.807, 2.05) is 30.3 Å². The van der Waals surface area contributed by atoms with Crippen molar-refractivity contribution in [3.63, 3.8) is 0 Å². The van der Waals surface area contributed by atoms with Gasteiger partial charge in [-0.1, -0.05) is 30.0 Å². The van der Waals surface area contributed by atoms with Crippen LogP contribution in [0.25, 0.3) is 0 Å². The van der Waals surface area contributed by atoms with E-state index >= 15 is 0 Å². The molecule has 1 saturated heterocycles. The third-order valence-corrected chi connectivity index (χ3v) is 5.14. The summed E-state index contributed by atoms with van der Waals surface area (Å²) in [4.78, 5) is 41.4. The Hall–Kier alpha value is -3.13. The summed E-state index contributed by atoms with van der Waals surface area (Å²) in [6.45, 7) is 0. The smallest absolute Gasteiger partial charge is 0.335 e. The first-order chi connectivity index (χ1) is 12.9. The summed E-state index contributed by atoms with van der Waals surface area (Å²) in [5.74, 6) is -1.53. The summed E-state index contributed by atoms with van der Waals surface area (Å²) in [6, 6.07) is 15.1. The molecule has 1 aliphatic heterocycles. The van der Waals surface area contributed by atoms with E-state index in [0.29, 0.717) is 10.9 Å². The molecule has 1 fully saturated rings. The van der Waals surface area contributed by atoms with Crippen molar-refractivity contribution in [2.75, 3.05) is 12.4 Å². The molecule has 0 spiro atoms. The van der Waals surface area contributed by atoms with Crippen LogP contribution in [-0.4, -0.2) is 45.3 Å². The van der Waals surface area contributed by atoms with Crippen molar-refractivity contribution in [1.82, 2.24) is 4.90 Å². The molecule has 8 heteroatoms. The quantitative estimate of drug-likeness (QED) is 0.827. The van der Waals surface area contributed by atoms with Crippen LogP contribution in [0.5, 0.6) is 0 Å². The maximum absolute atomic E-state index is 12.4. The number of benzene rings is 2. The molecule has 138 valence electrons. The fraction of sp³-hybridized carbons (Fsp3) is 0.158. The fourth-order valence-electron chi connectivity index (χ4n) is 2.49. The van der Waals surface area contributed by atoms with Crippen LogP contribution in [0.1, 0.15) is 16.8 Å². The number of carboxylic acids is 1. The molecule has 0 bridgehead atoms. The SMILES string of the molecule is CN1C(=O)[C@H](CC(=O)Nc2ccc(C(=O)O)cc2)SC1=Nc1ccccc1. The minimum absolute atomic E-state index is 0.00231. The lowest BCUT2D eigenvalue weighted by Gasteiger charge is -2.09. The second-order valence-corrected chi connectivity index (χ2v) is 7.04. The zero-order valence-corrected chi connectivity index (χ0v) is 15.3. The maximum Gasteiger partial charge on any atom is 0.335 e. The molecule has 1 aliphatic rings. The van der Waals surface area contributed by atoms with Crippen LogP contribution in [0.4, 0.5) is 11.4 Å². The number of aliphatic imine (C=N–C) groups is 1. The molecule has 0 unspecified atom stereocenters. The van der Waals surface area contributed by atoms with Gasteiger partial charge in [0.1, 0.15) is 5.25 Å². The van der Waals surface area contributed by atoms with Crippen molar-refractivity contribution in [2.24, 2.45) is 4.99 Å². The summed E-state index contributed by atoms with van der Waals surface area (Å²) < 4.78 is 0. The fourth-order valence-corrected chi connectivity index (χ4v) is 3.64. The molecule has 0 saturated carbocycles. The molecule has 2 amide bonds. The van der Waals surface area contributed by atoms with Crippen LogP contribution in [-0.2, 0) is 9.59 Å². The number of anilines is 1. The number of nitrogens with one attached hydrogen (secondary N) is 1. The molecule has 3 rings (SSSR count). The summed E-state index contributed by atoms with van der Waals surface area (Å²) in [5, 5.41) is 11.6. The maximum atomic E-state index is 12.4. The van der Waals surface area contributed by atoms with E-state index < -0.39 is 11.2 Å². The lowest BCUT2D eigenvalue weighted by molar-refractivity contribution is -0.127. The first-order valence-electron chi connectivity index (χ1n) is 8.15. The van der Waals surface area contributed by atoms with Crippen LogP contribution >= 0.6 is 11.8 Å². The van der Waals surface area contributed by atoms with Gasteiger partial charge in [-0.05, 0) is 36.4 Å². The molecule has 0 aromatic heterocycles. The van der Waals surface area contributed by atoms with Crippen LogP contribution in [0.3, 0.4) is 0 Å². The van der Waals surface area contributed by atoms with E-state index in [1.165, 1.54) is 40.9 Å². The first-order valence-corrected chi connectivity index (χ1v) is 9.03. The lowest BCUT2D eigenvalue weighted by Crippen LogP contribution is -2.30. The Bertz CT molecular complexity index is 897. The number of thioether (sulfide) groups is 1. The number of amides is 2. The highest BCUT2D eigenvalue weighted by Gasteiger charge is 2.36. The zero-order valence-electron chi connectivity index (χ0n) is 14.5. The molecule has 7 nitrogen and oxygen atoms in total. The second kappa shape index (κ2) is 8.05. The van der Waals surface area contributed by atoms with Gasteiger partial charge in [-0.3, -0.25) is 14.5 Å². The number of hydrogen-bond donors (Lipinski definition) is 2. The number of aromatic carboxylic acids is 1. The van der Waals surface area contributed by atoms with Crippen LogP contribution in [0.2, 0.25) is 0 Å². The Kier molecular flexibility index (Phi) is 5.56. The van der Waals surface area contributed by atoms with Crippen LogP contribution in [0.15, 0.2) is 59.6 Å². The zero-order chi connectivity index (χ0) is 19.4. The molecule has 2 N–H and O–H groups in total. The average Bonchev–Trinajstić information content (AvgIpc) is 2.91. The topological polar surface area (TPSA) is 99.1 Å². The Balaban J connectivity index is 1.63. The summed E-state index contributed by atoms with van der Waals surface area (Å²) in [6.07, 6.45) is 0.00231. The highest BCUT2D eigenvalue weighted by molar-refractivity contribution is 8.15. The van der Waals surface area contributed by atoms with Crippen molar-refractivity contribution in [1.29, 1.82) is 0 Å². The van der Waals surface area contributed by atoms with E-state index in [9.17, 15) is 14.4 Å². The van der Waals surface area contributed by atoms with Gasteiger partial charge in [-0.15, -0.1) is 0 Å². The number of nitrogens with zero attached hydrogens (tertiary/aromatic N) is 2. The van der Waals surface area contributed by atoms with Gasteiger partial charge in [0.25, 0.3) is 0 Å². The highest BCUT2D eigenvalue weighted by atomic mass is 32.2. The number of hydrogen-bond acceptors (Lipinski definition) is 5. The molecule has 27 heavy (non-hydrogen) atoms. The van der Waals surface area contributed by atoms with Gasteiger partial charge in [-0.25, -0.2) is 9.79 Å². The second-order valence-electron chi connectivity index (χ2n) is 5.87. The Morgan fingerprint density at radius 2 is 1.81 bits per heavy atom. The molecule has 1 atom stereocenters. The van der Waals surface area contributed by atoms with Gasteiger partial charge in [0.05, 0.1) is 11.3 Å².